The first-order valence-electron chi connectivity index (χ1n) is 9.88. The minimum absolute atomic E-state index is 0.107. The summed E-state index contributed by atoms with van der Waals surface area (Å²) in [5, 5.41) is 15.5. The van der Waals surface area contributed by atoms with Gasteiger partial charge in [-0.3, -0.25) is 9.48 Å². The average molecular weight is 395 g/mol. The zero-order chi connectivity index (χ0) is 20.1. The molecule has 2 aromatic heterocycles. The van der Waals surface area contributed by atoms with Crippen LogP contribution in [0.3, 0.4) is 0 Å². The zero-order valence-electron chi connectivity index (χ0n) is 16.4. The normalized spacial score (nSPS) is 23.6. The molecular formula is C20H22FN7O. The molecule has 0 N–H and O–H groups in total. The summed E-state index contributed by atoms with van der Waals surface area (Å²) in [6.45, 7) is 1.74. The van der Waals surface area contributed by atoms with Crippen molar-refractivity contribution in [1.29, 1.82) is 0 Å². The lowest BCUT2D eigenvalue weighted by molar-refractivity contribution is 0.0563. The van der Waals surface area contributed by atoms with E-state index in [2.05, 4.69) is 26.7 Å². The molecule has 1 aromatic carbocycles. The molecule has 2 aliphatic heterocycles. The summed E-state index contributed by atoms with van der Waals surface area (Å²) in [5.41, 5.74) is 1.82. The van der Waals surface area contributed by atoms with Gasteiger partial charge >= 0.3 is 0 Å². The van der Waals surface area contributed by atoms with E-state index in [9.17, 15) is 9.18 Å². The molecule has 0 saturated carbocycles. The fourth-order valence-corrected chi connectivity index (χ4v) is 4.95. The summed E-state index contributed by atoms with van der Waals surface area (Å²) in [6, 6.07) is 6.89. The van der Waals surface area contributed by atoms with Crippen LogP contribution >= 0.6 is 0 Å². The lowest BCUT2D eigenvalue weighted by Gasteiger charge is -2.39. The van der Waals surface area contributed by atoms with Crippen LogP contribution in [0.2, 0.25) is 0 Å². The van der Waals surface area contributed by atoms with E-state index in [1.807, 2.05) is 22.8 Å². The van der Waals surface area contributed by atoms with Crippen molar-refractivity contribution >= 4 is 5.91 Å². The van der Waals surface area contributed by atoms with Gasteiger partial charge in [-0.25, -0.2) is 4.39 Å². The van der Waals surface area contributed by atoms with E-state index in [1.54, 1.807) is 19.1 Å². The van der Waals surface area contributed by atoms with E-state index in [1.165, 1.54) is 16.4 Å². The summed E-state index contributed by atoms with van der Waals surface area (Å²) in [6.07, 6.45) is 5.54. The van der Waals surface area contributed by atoms with E-state index in [4.69, 9.17) is 0 Å². The highest BCUT2D eigenvalue weighted by Gasteiger charge is 2.44. The van der Waals surface area contributed by atoms with Crippen molar-refractivity contribution in [3.05, 3.63) is 53.4 Å². The number of piperidine rings is 1. The van der Waals surface area contributed by atoms with E-state index in [0.29, 0.717) is 17.4 Å². The molecule has 5 rings (SSSR count). The standard InChI is InChI=1S/C20H22FN7O/c1-12-23-24-25-28(12)16-5-6-17(18(21)11-16)20(29)27-14-3-4-15(27)10-13(9-14)19-7-8-22-26(19)2/h5-8,11,13-15H,3-4,9-10H2,1-2H3. The maximum atomic E-state index is 14.9. The van der Waals surface area contributed by atoms with Gasteiger partial charge in [-0.1, -0.05) is 0 Å². The number of hydrogen-bond donors (Lipinski definition) is 0. The molecule has 0 spiro atoms. The molecule has 9 heteroatoms. The Labute approximate surface area is 167 Å². The molecule has 4 heterocycles. The third kappa shape index (κ3) is 2.92. The monoisotopic (exact) mass is 395 g/mol. The van der Waals surface area contributed by atoms with Crippen LogP contribution in [0.5, 0.6) is 0 Å². The summed E-state index contributed by atoms with van der Waals surface area (Å²) in [4.78, 5) is 15.1. The van der Waals surface area contributed by atoms with Gasteiger partial charge in [-0.2, -0.15) is 9.78 Å². The van der Waals surface area contributed by atoms with E-state index in [0.717, 1.165) is 25.7 Å². The molecule has 0 aliphatic carbocycles. The number of benzene rings is 1. The van der Waals surface area contributed by atoms with Crippen molar-refractivity contribution < 1.29 is 9.18 Å². The van der Waals surface area contributed by atoms with Crippen molar-refractivity contribution in [2.45, 2.75) is 50.6 Å². The van der Waals surface area contributed by atoms with E-state index in [-0.39, 0.29) is 23.6 Å². The molecule has 2 unspecified atom stereocenters. The maximum Gasteiger partial charge on any atom is 0.257 e. The van der Waals surface area contributed by atoms with E-state index < -0.39 is 5.82 Å². The first kappa shape index (κ1) is 18.0. The first-order chi connectivity index (χ1) is 14.0. The number of tetrazole rings is 1. The average Bonchev–Trinajstić information content (AvgIpc) is 3.39. The van der Waals surface area contributed by atoms with Crippen LogP contribution in [0.4, 0.5) is 4.39 Å². The van der Waals surface area contributed by atoms with Gasteiger partial charge in [-0.15, -0.1) is 5.10 Å². The topological polar surface area (TPSA) is 81.7 Å². The third-order valence-corrected chi connectivity index (χ3v) is 6.30. The highest BCUT2D eigenvalue weighted by Crippen LogP contribution is 2.43. The second kappa shape index (κ2) is 6.75. The number of carbonyl (C=O) groups is 1. The molecule has 29 heavy (non-hydrogen) atoms. The number of aryl methyl sites for hydroxylation is 2. The number of hydrogen-bond acceptors (Lipinski definition) is 5. The molecule has 8 nitrogen and oxygen atoms in total. The minimum Gasteiger partial charge on any atom is -0.333 e. The lowest BCUT2D eigenvalue weighted by atomic mass is 9.87. The Morgan fingerprint density at radius 1 is 1.17 bits per heavy atom. The van der Waals surface area contributed by atoms with Gasteiger partial charge in [0.2, 0.25) is 0 Å². The molecule has 2 saturated heterocycles. The van der Waals surface area contributed by atoms with Crippen molar-refractivity contribution in [3.63, 3.8) is 0 Å². The maximum absolute atomic E-state index is 14.9. The molecule has 2 atom stereocenters. The molecule has 2 aliphatic rings. The molecule has 2 bridgehead atoms. The summed E-state index contributed by atoms with van der Waals surface area (Å²) in [5.74, 6) is 0.173. The van der Waals surface area contributed by atoms with Crippen molar-refractivity contribution in [1.82, 2.24) is 34.9 Å². The Kier molecular flexibility index (Phi) is 4.18. The fraction of sp³-hybridized carbons (Fsp3) is 0.450. The number of nitrogens with zero attached hydrogens (tertiary/aromatic N) is 7. The largest absolute Gasteiger partial charge is 0.333 e. The Morgan fingerprint density at radius 3 is 2.52 bits per heavy atom. The van der Waals surface area contributed by atoms with Gasteiger partial charge in [0.25, 0.3) is 5.91 Å². The van der Waals surface area contributed by atoms with Crippen molar-refractivity contribution in [2.24, 2.45) is 7.05 Å². The van der Waals surface area contributed by atoms with Crippen LogP contribution in [0.15, 0.2) is 30.5 Å². The van der Waals surface area contributed by atoms with Crippen molar-refractivity contribution in [3.8, 4) is 5.69 Å². The van der Waals surface area contributed by atoms with Gasteiger partial charge in [-0.05, 0) is 61.2 Å². The van der Waals surface area contributed by atoms with Crippen LogP contribution in [0.25, 0.3) is 5.69 Å². The van der Waals surface area contributed by atoms with Crippen LogP contribution in [-0.4, -0.2) is 52.9 Å². The summed E-state index contributed by atoms with van der Waals surface area (Å²) in [7, 11) is 1.96. The van der Waals surface area contributed by atoms with Gasteiger partial charge in [0.15, 0.2) is 5.82 Å². The highest BCUT2D eigenvalue weighted by molar-refractivity contribution is 5.95. The number of fused-ring (bicyclic) bond motifs is 2. The Bertz CT molecular complexity index is 1060. The predicted octanol–water partition coefficient (Wildman–Crippen LogP) is 2.39. The van der Waals surface area contributed by atoms with Gasteiger partial charge in [0, 0.05) is 43.0 Å². The van der Waals surface area contributed by atoms with Crippen LogP contribution in [0, 0.1) is 12.7 Å². The van der Waals surface area contributed by atoms with Crippen LogP contribution in [-0.2, 0) is 7.05 Å². The molecule has 1 amide bonds. The quantitative estimate of drug-likeness (QED) is 0.680. The van der Waals surface area contributed by atoms with Gasteiger partial charge < -0.3 is 4.90 Å². The smallest absolute Gasteiger partial charge is 0.257 e. The second-order valence-electron chi connectivity index (χ2n) is 7.95. The number of aromatic nitrogens is 6. The number of carbonyl (C=O) groups excluding carboxylic acids is 1. The third-order valence-electron chi connectivity index (χ3n) is 6.30. The van der Waals surface area contributed by atoms with E-state index >= 15 is 0 Å². The predicted molar refractivity (Wildman–Crippen MR) is 102 cm³/mol. The van der Waals surface area contributed by atoms with Gasteiger partial charge in [0.05, 0.1) is 11.3 Å². The molecule has 3 aromatic rings. The van der Waals surface area contributed by atoms with Crippen LogP contribution < -0.4 is 0 Å². The number of halogens is 1. The molecular weight excluding hydrogens is 373 g/mol. The Hall–Kier alpha value is -3.10. The second-order valence-corrected chi connectivity index (χ2v) is 7.95. The summed E-state index contributed by atoms with van der Waals surface area (Å²) < 4.78 is 18.2. The summed E-state index contributed by atoms with van der Waals surface area (Å²) >= 11 is 0. The SMILES string of the molecule is Cc1nnnn1-c1ccc(C(=O)N2C3CCC2CC(c2ccnn2C)C3)c(F)c1. The van der Waals surface area contributed by atoms with Crippen LogP contribution in [0.1, 0.15) is 53.5 Å². The highest BCUT2D eigenvalue weighted by atomic mass is 19.1. The Morgan fingerprint density at radius 2 is 1.93 bits per heavy atom. The van der Waals surface area contributed by atoms with Gasteiger partial charge in [0.1, 0.15) is 5.82 Å². The molecule has 0 radical (unpaired) electrons. The molecule has 2 fully saturated rings. The number of amides is 1. The van der Waals surface area contributed by atoms with Crippen molar-refractivity contribution in [2.75, 3.05) is 0 Å². The lowest BCUT2D eigenvalue weighted by Crippen LogP contribution is -2.46. The minimum atomic E-state index is -0.546. The number of rotatable bonds is 3. The zero-order valence-corrected chi connectivity index (χ0v) is 16.4. The molecule has 150 valence electrons. The fourth-order valence-electron chi connectivity index (χ4n) is 4.95. The Balaban J connectivity index is 1.39. The first-order valence-corrected chi connectivity index (χ1v) is 9.88.